The predicted molar refractivity (Wildman–Crippen MR) is 89.6 cm³/mol. The molecule has 0 spiro atoms. The SMILES string of the molecule is C#CCOCC1CCN(C(=O)c2cnn(-c3ccccc3)n2)CC1. The Balaban J connectivity index is 1.56. The van der Waals surface area contributed by atoms with Gasteiger partial charge in [0.2, 0.25) is 0 Å². The fraction of sp³-hybridized carbons (Fsp3) is 0.389. The molecule has 0 saturated carbocycles. The average molecular weight is 324 g/mol. The first kappa shape index (κ1) is 16.2. The molecule has 1 aromatic heterocycles. The number of benzene rings is 1. The topological polar surface area (TPSA) is 60.2 Å². The molecule has 0 radical (unpaired) electrons. The summed E-state index contributed by atoms with van der Waals surface area (Å²) in [7, 11) is 0. The number of hydrogen-bond acceptors (Lipinski definition) is 4. The maximum Gasteiger partial charge on any atom is 0.276 e. The summed E-state index contributed by atoms with van der Waals surface area (Å²) in [6.07, 6.45) is 8.54. The van der Waals surface area contributed by atoms with Crippen LogP contribution in [-0.2, 0) is 4.74 Å². The molecule has 1 saturated heterocycles. The minimum Gasteiger partial charge on any atom is -0.369 e. The van der Waals surface area contributed by atoms with E-state index in [1.807, 2.05) is 35.2 Å². The lowest BCUT2D eigenvalue weighted by Gasteiger charge is -2.31. The Morgan fingerprint density at radius 3 is 2.75 bits per heavy atom. The van der Waals surface area contributed by atoms with Crippen molar-refractivity contribution in [3.8, 4) is 18.0 Å². The van der Waals surface area contributed by atoms with Gasteiger partial charge in [-0.2, -0.15) is 9.90 Å². The van der Waals surface area contributed by atoms with Crippen LogP contribution >= 0.6 is 0 Å². The Kier molecular flexibility index (Phi) is 5.24. The molecule has 2 heterocycles. The van der Waals surface area contributed by atoms with Crippen LogP contribution in [-0.4, -0.2) is 52.1 Å². The van der Waals surface area contributed by atoms with Gasteiger partial charge in [-0.15, -0.1) is 11.5 Å². The fourth-order valence-electron chi connectivity index (χ4n) is 2.80. The summed E-state index contributed by atoms with van der Waals surface area (Å²) in [6, 6.07) is 9.54. The van der Waals surface area contributed by atoms with E-state index in [1.54, 1.807) is 0 Å². The summed E-state index contributed by atoms with van der Waals surface area (Å²) in [4.78, 5) is 15.9. The van der Waals surface area contributed by atoms with Crippen molar-refractivity contribution in [2.45, 2.75) is 12.8 Å². The molecule has 0 N–H and O–H groups in total. The minimum absolute atomic E-state index is 0.0693. The third-order valence-electron chi connectivity index (χ3n) is 4.14. The number of nitrogens with zero attached hydrogens (tertiary/aromatic N) is 4. The number of piperidine rings is 1. The third-order valence-corrected chi connectivity index (χ3v) is 4.14. The fourth-order valence-corrected chi connectivity index (χ4v) is 2.80. The van der Waals surface area contributed by atoms with Crippen LogP contribution < -0.4 is 0 Å². The van der Waals surface area contributed by atoms with E-state index >= 15 is 0 Å². The number of para-hydroxylation sites is 1. The summed E-state index contributed by atoms with van der Waals surface area (Å²) < 4.78 is 5.39. The first-order chi connectivity index (χ1) is 11.8. The van der Waals surface area contributed by atoms with Crippen LogP contribution in [0.25, 0.3) is 5.69 Å². The van der Waals surface area contributed by atoms with Crippen molar-refractivity contribution in [3.05, 3.63) is 42.2 Å². The van der Waals surface area contributed by atoms with Crippen LogP contribution in [0.15, 0.2) is 36.5 Å². The molecule has 1 amide bonds. The van der Waals surface area contributed by atoms with Gasteiger partial charge in [0.25, 0.3) is 5.91 Å². The van der Waals surface area contributed by atoms with Crippen molar-refractivity contribution in [2.75, 3.05) is 26.3 Å². The van der Waals surface area contributed by atoms with Crippen molar-refractivity contribution in [3.63, 3.8) is 0 Å². The van der Waals surface area contributed by atoms with Gasteiger partial charge >= 0.3 is 0 Å². The third kappa shape index (κ3) is 3.81. The molecule has 0 unspecified atom stereocenters. The van der Waals surface area contributed by atoms with Crippen molar-refractivity contribution in [1.29, 1.82) is 0 Å². The van der Waals surface area contributed by atoms with Gasteiger partial charge in [0, 0.05) is 13.1 Å². The smallest absolute Gasteiger partial charge is 0.276 e. The minimum atomic E-state index is -0.0693. The number of terminal acetylenes is 1. The lowest BCUT2D eigenvalue weighted by atomic mass is 9.97. The van der Waals surface area contributed by atoms with E-state index in [0.717, 1.165) is 18.5 Å². The van der Waals surface area contributed by atoms with Crippen molar-refractivity contribution in [2.24, 2.45) is 5.92 Å². The molecule has 1 aliphatic rings. The van der Waals surface area contributed by atoms with Gasteiger partial charge in [-0.3, -0.25) is 4.79 Å². The maximum absolute atomic E-state index is 12.6. The molecule has 6 nitrogen and oxygen atoms in total. The van der Waals surface area contributed by atoms with Crippen LogP contribution in [0, 0.1) is 18.3 Å². The lowest BCUT2D eigenvalue weighted by molar-refractivity contribution is 0.0576. The second kappa shape index (κ2) is 7.75. The van der Waals surface area contributed by atoms with Crippen LogP contribution in [0.1, 0.15) is 23.3 Å². The second-order valence-corrected chi connectivity index (χ2v) is 5.81. The molecule has 1 aliphatic heterocycles. The number of hydrogen-bond donors (Lipinski definition) is 0. The Labute approximate surface area is 141 Å². The normalized spacial score (nSPS) is 15.2. The Bertz CT molecular complexity index is 712. The van der Waals surface area contributed by atoms with E-state index in [2.05, 4.69) is 16.1 Å². The van der Waals surface area contributed by atoms with Gasteiger partial charge in [0.15, 0.2) is 5.69 Å². The quantitative estimate of drug-likeness (QED) is 0.621. The molecule has 24 heavy (non-hydrogen) atoms. The highest BCUT2D eigenvalue weighted by Crippen LogP contribution is 2.19. The number of carbonyl (C=O) groups excluding carboxylic acids is 1. The molecule has 6 heteroatoms. The average Bonchev–Trinajstić information content (AvgIpc) is 3.13. The predicted octanol–water partition coefficient (Wildman–Crippen LogP) is 1.77. The Morgan fingerprint density at radius 1 is 1.29 bits per heavy atom. The zero-order chi connectivity index (χ0) is 16.8. The standard InChI is InChI=1S/C18H20N4O2/c1-2-12-24-14-15-8-10-21(11-9-15)18(23)17-13-19-22(20-17)16-6-4-3-5-7-16/h1,3-7,13,15H,8-12,14H2. The summed E-state index contributed by atoms with van der Waals surface area (Å²) in [5.74, 6) is 2.86. The van der Waals surface area contributed by atoms with Crippen molar-refractivity contribution >= 4 is 5.91 Å². The number of carbonyl (C=O) groups is 1. The van der Waals surface area contributed by atoms with E-state index in [-0.39, 0.29) is 5.91 Å². The van der Waals surface area contributed by atoms with Gasteiger partial charge in [-0.25, -0.2) is 0 Å². The molecule has 2 aromatic rings. The highest BCUT2D eigenvalue weighted by molar-refractivity contribution is 5.92. The number of amides is 1. The van der Waals surface area contributed by atoms with E-state index in [9.17, 15) is 4.79 Å². The van der Waals surface area contributed by atoms with E-state index in [4.69, 9.17) is 11.2 Å². The summed E-state index contributed by atoms with van der Waals surface area (Å²) in [5.41, 5.74) is 1.21. The molecule has 3 rings (SSSR count). The summed E-state index contributed by atoms with van der Waals surface area (Å²) >= 11 is 0. The molecule has 0 atom stereocenters. The molecule has 0 bridgehead atoms. The van der Waals surface area contributed by atoms with E-state index in [1.165, 1.54) is 11.0 Å². The number of likely N-dealkylation sites (tertiary alicyclic amines) is 1. The van der Waals surface area contributed by atoms with Crippen molar-refractivity contribution < 1.29 is 9.53 Å². The number of aromatic nitrogens is 3. The maximum atomic E-state index is 12.6. The monoisotopic (exact) mass is 324 g/mol. The van der Waals surface area contributed by atoms with Gasteiger partial charge in [-0.1, -0.05) is 24.1 Å². The van der Waals surface area contributed by atoms with Crippen LogP contribution in [0.5, 0.6) is 0 Å². The Morgan fingerprint density at radius 2 is 2.04 bits per heavy atom. The lowest BCUT2D eigenvalue weighted by Crippen LogP contribution is -2.39. The van der Waals surface area contributed by atoms with Crippen LogP contribution in [0.4, 0.5) is 0 Å². The molecular weight excluding hydrogens is 304 g/mol. The van der Waals surface area contributed by atoms with E-state index < -0.39 is 0 Å². The summed E-state index contributed by atoms with van der Waals surface area (Å²) in [6.45, 7) is 2.43. The molecule has 0 aliphatic carbocycles. The van der Waals surface area contributed by atoms with Gasteiger partial charge in [0.1, 0.15) is 6.61 Å². The highest BCUT2D eigenvalue weighted by Gasteiger charge is 2.25. The van der Waals surface area contributed by atoms with E-state index in [0.29, 0.717) is 37.9 Å². The summed E-state index contributed by atoms with van der Waals surface area (Å²) in [5, 5.41) is 8.49. The van der Waals surface area contributed by atoms with Gasteiger partial charge in [-0.05, 0) is 30.9 Å². The number of ether oxygens (including phenoxy) is 1. The van der Waals surface area contributed by atoms with Gasteiger partial charge < -0.3 is 9.64 Å². The molecule has 124 valence electrons. The zero-order valence-electron chi connectivity index (χ0n) is 13.5. The molecule has 1 fully saturated rings. The molecular formula is C18H20N4O2. The highest BCUT2D eigenvalue weighted by atomic mass is 16.5. The van der Waals surface area contributed by atoms with Crippen LogP contribution in [0.3, 0.4) is 0 Å². The first-order valence-electron chi connectivity index (χ1n) is 8.06. The first-order valence-corrected chi connectivity index (χ1v) is 8.06. The largest absolute Gasteiger partial charge is 0.369 e. The Hall–Kier alpha value is -2.65. The van der Waals surface area contributed by atoms with Gasteiger partial charge in [0.05, 0.1) is 18.5 Å². The number of rotatable bonds is 5. The van der Waals surface area contributed by atoms with Crippen LogP contribution in [0.2, 0.25) is 0 Å². The zero-order valence-corrected chi connectivity index (χ0v) is 13.5. The second-order valence-electron chi connectivity index (χ2n) is 5.81. The van der Waals surface area contributed by atoms with Crippen molar-refractivity contribution in [1.82, 2.24) is 19.9 Å². The molecule has 1 aromatic carbocycles.